The zero-order valence-corrected chi connectivity index (χ0v) is 17.5. The van der Waals surface area contributed by atoms with Crippen molar-refractivity contribution in [3.05, 3.63) is 59.7 Å². The highest BCUT2D eigenvalue weighted by molar-refractivity contribution is 5.95. The maximum absolute atomic E-state index is 13.0. The van der Waals surface area contributed by atoms with Crippen LogP contribution in [0.4, 0.5) is 0 Å². The minimum atomic E-state index is -0.253. The number of likely N-dealkylation sites (N-methyl/N-ethyl adjacent to an activating group) is 1. The Hall–Kier alpha value is -2.77. The summed E-state index contributed by atoms with van der Waals surface area (Å²) in [6.07, 6.45) is 0.747. The quantitative estimate of drug-likeness (QED) is 0.611. The first-order valence-electron chi connectivity index (χ1n) is 9.13. The summed E-state index contributed by atoms with van der Waals surface area (Å²) in [7, 11) is 3.02. The van der Waals surface area contributed by atoms with Crippen LogP contribution in [-0.2, 0) is 11.2 Å². The number of amides is 2. The Balaban J connectivity index is 0.00000420. The standard InChI is InChI=1S/C21H27N3O4.ClH/c1-23-20(25)15-28-18-9-8-17(14-19(18)27-2)21(26)24(13-11-22)12-10-16-6-4-3-5-7-16;/h3-9,14H,10-13,15,22H2,1-2H3,(H,23,25);1H. The van der Waals surface area contributed by atoms with E-state index in [9.17, 15) is 9.59 Å². The number of carbonyl (C=O) groups excluding carboxylic acids is 2. The van der Waals surface area contributed by atoms with Crippen molar-refractivity contribution in [3.8, 4) is 11.5 Å². The number of nitrogens with zero attached hydrogens (tertiary/aromatic N) is 1. The fourth-order valence-electron chi connectivity index (χ4n) is 2.70. The van der Waals surface area contributed by atoms with Gasteiger partial charge in [0.1, 0.15) is 0 Å². The molecule has 158 valence electrons. The molecule has 0 radical (unpaired) electrons. The molecule has 0 aliphatic carbocycles. The fourth-order valence-corrected chi connectivity index (χ4v) is 2.70. The molecule has 7 nitrogen and oxygen atoms in total. The van der Waals surface area contributed by atoms with Crippen molar-refractivity contribution in [2.24, 2.45) is 5.73 Å². The Kier molecular flexibility index (Phi) is 10.6. The number of hydrogen-bond acceptors (Lipinski definition) is 5. The van der Waals surface area contributed by atoms with E-state index in [1.165, 1.54) is 14.2 Å². The molecular weight excluding hydrogens is 394 g/mol. The number of ether oxygens (including phenoxy) is 2. The van der Waals surface area contributed by atoms with Gasteiger partial charge >= 0.3 is 0 Å². The highest BCUT2D eigenvalue weighted by Crippen LogP contribution is 2.28. The van der Waals surface area contributed by atoms with Gasteiger partial charge in [0.2, 0.25) is 0 Å². The number of halogens is 1. The van der Waals surface area contributed by atoms with E-state index in [0.717, 1.165) is 12.0 Å². The molecule has 2 aromatic carbocycles. The molecule has 0 saturated carbocycles. The molecule has 3 N–H and O–H groups in total. The summed E-state index contributed by atoms with van der Waals surface area (Å²) >= 11 is 0. The van der Waals surface area contributed by atoms with Crippen molar-refractivity contribution in [2.75, 3.05) is 40.4 Å². The summed E-state index contributed by atoms with van der Waals surface area (Å²) in [5.41, 5.74) is 7.34. The Morgan fingerprint density at radius 2 is 1.79 bits per heavy atom. The second-order valence-electron chi connectivity index (χ2n) is 6.14. The lowest BCUT2D eigenvalue weighted by atomic mass is 10.1. The van der Waals surface area contributed by atoms with Gasteiger partial charge in [-0.25, -0.2) is 0 Å². The Labute approximate surface area is 177 Å². The van der Waals surface area contributed by atoms with E-state index in [2.05, 4.69) is 5.32 Å². The van der Waals surface area contributed by atoms with E-state index in [1.807, 2.05) is 30.3 Å². The van der Waals surface area contributed by atoms with Gasteiger partial charge in [-0.15, -0.1) is 12.4 Å². The van der Waals surface area contributed by atoms with Crippen molar-refractivity contribution >= 4 is 24.2 Å². The van der Waals surface area contributed by atoms with E-state index >= 15 is 0 Å². The molecule has 2 amide bonds. The summed E-state index contributed by atoms with van der Waals surface area (Å²) in [4.78, 5) is 26.0. The van der Waals surface area contributed by atoms with Gasteiger partial charge in [0.15, 0.2) is 18.1 Å². The minimum absolute atomic E-state index is 0. The van der Waals surface area contributed by atoms with Gasteiger partial charge in [-0.2, -0.15) is 0 Å². The van der Waals surface area contributed by atoms with Crippen LogP contribution in [0.3, 0.4) is 0 Å². The minimum Gasteiger partial charge on any atom is -0.493 e. The summed E-state index contributed by atoms with van der Waals surface area (Å²) in [5.74, 6) is 0.414. The third kappa shape index (κ3) is 7.29. The zero-order valence-electron chi connectivity index (χ0n) is 16.7. The number of carbonyl (C=O) groups is 2. The SMILES string of the molecule is CNC(=O)COc1ccc(C(=O)N(CCN)CCc2ccccc2)cc1OC.Cl. The van der Waals surface area contributed by atoms with Crippen molar-refractivity contribution in [2.45, 2.75) is 6.42 Å². The lowest BCUT2D eigenvalue weighted by Crippen LogP contribution is -2.37. The summed E-state index contributed by atoms with van der Waals surface area (Å²) < 4.78 is 10.8. The smallest absolute Gasteiger partial charge is 0.257 e. The molecule has 0 saturated heterocycles. The van der Waals surface area contributed by atoms with Crippen LogP contribution in [0, 0.1) is 0 Å². The average molecular weight is 422 g/mol. The number of rotatable bonds is 10. The fraction of sp³-hybridized carbons (Fsp3) is 0.333. The highest BCUT2D eigenvalue weighted by atomic mass is 35.5. The number of benzene rings is 2. The van der Waals surface area contributed by atoms with Crippen molar-refractivity contribution in [1.29, 1.82) is 0 Å². The van der Waals surface area contributed by atoms with Crippen molar-refractivity contribution in [3.63, 3.8) is 0 Å². The third-order valence-electron chi connectivity index (χ3n) is 4.25. The van der Waals surface area contributed by atoms with E-state index < -0.39 is 0 Å². The first-order chi connectivity index (χ1) is 13.6. The maximum atomic E-state index is 13.0. The molecule has 0 atom stereocenters. The monoisotopic (exact) mass is 421 g/mol. The largest absolute Gasteiger partial charge is 0.493 e. The second-order valence-corrected chi connectivity index (χ2v) is 6.14. The van der Waals surface area contributed by atoms with Crippen LogP contribution in [0.15, 0.2) is 48.5 Å². The Morgan fingerprint density at radius 1 is 1.07 bits per heavy atom. The molecule has 0 aliphatic heterocycles. The topological polar surface area (TPSA) is 93.9 Å². The van der Waals surface area contributed by atoms with Gasteiger partial charge in [-0.05, 0) is 30.2 Å². The van der Waals surface area contributed by atoms with Crippen LogP contribution in [0.2, 0.25) is 0 Å². The first kappa shape index (κ1) is 24.3. The summed E-state index contributed by atoms with van der Waals surface area (Å²) in [5, 5.41) is 2.48. The molecule has 0 bridgehead atoms. The number of methoxy groups -OCH3 is 1. The molecule has 0 aromatic heterocycles. The zero-order chi connectivity index (χ0) is 20.4. The van der Waals surface area contributed by atoms with E-state index in [0.29, 0.717) is 36.7 Å². The molecule has 0 aliphatic rings. The highest BCUT2D eigenvalue weighted by Gasteiger charge is 2.18. The summed E-state index contributed by atoms with van der Waals surface area (Å²) in [6, 6.07) is 14.9. The van der Waals surface area contributed by atoms with Gasteiger partial charge in [0.25, 0.3) is 11.8 Å². The predicted octanol–water partition coefficient (Wildman–Crippen LogP) is 1.89. The maximum Gasteiger partial charge on any atom is 0.257 e. The molecule has 8 heteroatoms. The second kappa shape index (κ2) is 12.6. The Bertz CT molecular complexity index is 787. The Morgan fingerprint density at radius 3 is 2.41 bits per heavy atom. The van der Waals surface area contributed by atoms with Crippen LogP contribution in [0.1, 0.15) is 15.9 Å². The average Bonchev–Trinajstić information content (AvgIpc) is 2.74. The van der Waals surface area contributed by atoms with Crippen LogP contribution in [-0.4, -0.2) is 57.1 Å². The lowest BCUT2D eigenvalue weighted by Gasteiger charge is -2.23. The van der Waals surface area contributed by atoms with Gasteiger partial charge < -0.3 is 25.4 Å². The summed E-state index contributed by atoms with van der Waals surface area (Å²) in [6.45, 7) is 1.28. The molecule has 2 rings (SSSR count). The molecule has 29 heavy (non-hydrogen) atoms. The van der Waals surface area contributed by atoms with Gasteiger partial charge in [0, 0.05) is 32.2 Å². The predicted molar refractivity (Wildman–Crippen MR) is 115 cm³/mol. The number of hydrogen-bond donors (Lipinski definition) is 2. The van der Waals surface area contributed by atoms with E-state index in [-0.39, 0.29) is 30.8 Å². The van der Waals surface area contributed by atoms with Gasteiger partial charge in [0.05, 0.1) is 7.11 Å². The van der Waals surface area contributed by atoms with Crippen molar-refractivity contribution in [1.82, 2.24) is 10.2 Å². The van der Waals surface area contributed by atoms with Crippen LogP contribution in [0.5, 0.6) is 11.5 Å². The number of nitrogens with one attached hydrogen (secondary N) is 1. The number of nitrogens with two attached hydrogens (primary N) is 1. The molecule has 0 fully saturated rings. The normalized spacial score (nSPS) is 9.90. The van der Waals surface area contributed by atoms with E-state index in [4.69, 9.17) is 15.2 Å². The first-order valence-corrected chi connectivity index (χ1v) is 9.13. The lowest BCUT2D eigenvalue weighted by molar-refractivity contribution is -0.122. The van der Waals surface area contributed by atoms with Crippen LogP contribution >= 0.6 is 12.4 Å². The van der Waals surface area contributed by atoms with Crippen LogP contribution < -0.4 is 20.5 Å². The van der Waals surface area contributed by atoms with E-state index in [1.54, 1.807) is 23.1 Å². The third-order valence-corrected chi connectivity index (χ3v) is 4.25. The molecule has 2 aromatic rings. The van der Waals surface area contributed by atoms with Gasteiger partial charge in [-0.1, -0.05) is 30.3 Å². The van der Waals surface area contributed by atoms with Gasteiger partial charge in [-0.3, -0.25) is 9.59 Å². The molecule has 0 unspecified atom stereocenters. The van der Waals surface area contributed by atoms with Crippen molar-refractivity contribution < 1.29 is 19.1 Å². The molecular formula is C21H28ClN3O4. The molecule has 0 heterocycles. The van der Waals surface area contributed by atoms with Crippen LogP contribution in [0.25, 0.3) is 0 Å². The molecule has 0 spiro atoms.